The van der Waals surface area contributed by atoms with Crippen molar-refractivity contribution < 1.29 is 8.42 Å². The number of aromatic nitrogens is 1. The number of nitrogens with one attached hydrogen (secondary N) is 1. The lowest BCUT2D eigenvalue weighted by molar-refractivity contribution is 0.282. The fraction of sp³-hybridized carbons (Fsp3) is 0.545. The van der Waals surface area contributed by atoms with Gasteiger partial charge in [0.05, 0.1) is 11.9 Å². The van der Waals surface area contributed by atoms with Crippen LogP contribution in [0.25, 0.3) is 0 Å². The van der Waals surface area contributed by atoms with Crippen molar-refractivity contribution in [2.24, 2.45) is 5.92 Å². The lowest BCUT2D eigenvalue weighted by Crippen LogP contribution is -2.42. The van der Waals surface area contributed by atoms with E-state index >= 15 is 0 Å². The second kappa shape index (κ2) is 5.42. The Morgan fingerprint density at radius 3 is 2.89 bits per heavy atom. The smallest absolute Gasteiger partial charge is 0.269 e. The molecule has 1 N–H and O–H groups in total. The van der Waals surface area contributed by atoms with Gasteiger partial charge in [0.1, 0.15) is 5.15 Å². The Morgan fingerprint density at radius 1 is 1.50 bits per heavy atom. The first kappa shape index (κ1) is 13.6. The van der Waals surface area contributed by atoms with Crippen molar-refractivity contribution in [3.05, 3.63) is 23.5 Å². The zero-order valence-electron chi connectivity index (χ0n) is 10.1. The van der Waals surface area contributed by atoms with Crippen LogP contribution in [0.4, 0.5) is 5.69 Å². The van der Waals surface area contributed by atoms with Gasteiger partial charge in [-0.3, -0.25) is 4.72 Å². The SMILES string of the molecule is C[C@@H]1CCCN(S(=O)(=O)Nc2ccc(Cl)nc2)C1. The normalized spacial score (nSPS) is 21.8. The largest absolute Gasteiger partial charge is 0.301 e. The molecule has 1 atom stereocenters. The Labute approximate surface area is 112 Å². The minimum atomic E-state index is -3.48. The second-order valence-corrected chi connectivity index (χ2v) is 6.64. The molecular weight excluding hydrogens is 274 g/mol. The van der Waals surface area contributed by atoms with E-state index in [0.29, 0.717) is 29.8 Å². The summed E-state index contributed by atoms with van der Waals surface area (Å²) in [6.07, 6.45) is 3.39. The molecule has 0 aliphatic carbocycles. The van der Waals surface area contributed by atoms with Crippen molar-refractivity contribution >= 4 is 27.5 Å². The number of halogens is 1. The van der Waals surface area contributed by atoms with Gasteiger partial charge >= 0.3 is 10.2 Å². The second-order valence-electron chi connectivity index (χ2n) is 4.58. The first-order valence-electron chi connectivity index (χ1n) is 5.87. The van der Waals surface area contributed by atoms with E-state index in [9.17, 15) is 8.42 Å². The van der Waals surface area contributed by atoms with Gasteiger partial charge < -0.3 is 0 Å². The molecule has 1 aliphatic rings. The molecule has 0 bridgehead atoms. The highest BCUT2D eigenvalue weighted by Crippen LogP contribution is 2.20. The zero-order chi connectivity index (χ0) is 13.2. The Bertz CT molecular complexity index is 504. The Kier molecular flexibility index (Phi) is 4.09. The monoisotopic (exact) mass is 289 g/mol. The molecule has 2 rings (SSSR count). The molecule has 5 nitrogen and oxygen atoms in total. The van der Waals surface area contributed by atoms with Gasteiger partial charge in [0, 0.05) is 13.1 Å². The van der Waals surface area contributed by atoms with E-state index in [1.165, 1.54) is 10.5 Å². The standard InChI is InChI=1S/C11H16ClN3O2S/c1-9-3-2-6-15(8-9)18(16,17)14-10-4-5-11(12)13-7-10/h4-5,7,9,14H,2-3,6,8H2,1H3/t9-/m1/s1. The van der Waals surface area contributed by atoms with Crippen LogP contribution in [0, 0.1) is 5.92 Å². The van der Waals surface area contributed by atoms with Gasteiger partial charge in [-0.25, -0.2) is 4.98 Å². The molecule has 0 unspecified atom stereocenters. The number of hydrogen-bond donors (Lipinski definition) is 1. The number of rotatable bonds is 3. The number of piperidine rings is 1. The summed E-state index contributed by atoms with van der Waals surface area (Å²) < 4.78 is 28.3. The molecule has 0 spiro atoms. The molecule has 2 heterocycles. The Balaban J connectivity index is 2.09. The fourth-order valence-corrected chi connectivity index (χ4v) is 3.49. The minimum Gasteiger partial charge on any atom is -0.269 e. The van der Waals surface area contributed by atoms with Crippen LogP contribution in [0.5, 0.6) is 0 Å². The molecule has 1 aromatic rings. The quantitative estimate of drug-likeness (QED) is 0.867. The van der Waals surface area contributed by atoms with E-state index in [0.717, 1.165) is 12.8 Å². The lowest BCUT2D eigenvalue weighted by atomic mass is 10.0. The van der Waals surface area contributed by atoms with Crippen molar-refractivity contribution in [2.45, 2.75) is 19.8 Å². The topological polar surface area (TPSA) is 62.3 Å². The van der Waals surface area contributed by atoms with Crippen molar-refractivity contribution in [1.29, 1.82) is 0 Å². The molecule has 1 saturated heterocycles. The summed E-state index contributed by atoms with van der Waals surface area (Å²) in [7, 11) is -3.48. The van der Waals surface area contributed by atoms with Crippen molar-refractivity contribution in [3.63, 3.8) is 0 Å². The number of nitrogens with zero attached hydrogens (tertiary/aromatic N) is 2. The number of hydrogen-bond acceptors (Lipinski definition) is 3. The highest BCUT2D eigenvalue weighted by Gasteiger charge is 2.26. The summed E-state index contributed by atoms with van der Waals surface area (Å²) >= 11 is 5.65. The highest BCUT2D eigenvalue weighted by molar-refractivity contribution is 7.90. The fourth-order valence-electron chi connectivity index (χ4n) is 2.01. The minimum absolute atomic E-state index is 0.338. The van der Waals surface area contributed by atoms with E-state index in [1.54, 1.807) is 12.1 Å². The Morgan fingerprint density at radius 2 is 2.28 bits per heavy atom. The van der Waals surface area contributed by atoms with Crippen LogP contribution in [0.3, 0.4) is 0 Å². The first-order chi connectivity index (χ1) is 8.47. The van der Waals surface area contributed by atoms with E-state index in [2.05, 4.69) is 16.6 Å². The molecule has 0 radical (unpaired) electrons. The molecule has 100 valence electrons. The van der Waals surface area contributed by atoms with Crippen LogP contribution in [0.1, 0.15) is 19.8 Å². The summed E-state index contributed by atoms with van der Waals surface area (Å²) in [5.41, 5.74) is 0.428. The van der Waals surface area contributed by atoms with Crippen LogP contribution >= 0.6 is 11.6 Å². The molecule has 1 aliphatic heterocycles. The molecule has 18 heavy (non-hydrogen) atoms. The maximum atomic E-state index is 12.1. The van der Waals surface area contributed by atoms with E-state index in [4.69, 9.17) is 11.6 Å². The van der Waals surface area contributed by atoms with Gasteiger partial charge in [0.25, 0.3) is 0 Å². The summed E-state index contributed by atoms with van der Waals surface area (Å²) in [6, 6.07) is 3.15. The predicted octanol–water partition coefficient (Wildman–Crippen LogP) is 2.12. The van der Waals surface area contributed by atoms with E-state index < -0.39 is 10.2 Å². The molecule has 7 heteroatoms. The van der Waals surface area contributed by atoms with Gasteiger partial charge in [-0.1, -0.05) is 18.5 Å². The van der Waals surface area contributed by atoms with Crippen LogP contribution in [-0.2, 0) is 10.2 Å². The molecule has 0 amide bonds. The van der Waals surface area contributed by atoms with Crippen LogP contribution in [0.15, 0.2) is 18.3 Å². The average molecular weight is 290 g/mol. The highest BCUT2D eigenvalue weighted by atomic mass is 35.5. The average Bonchev–Trinajstić information content (AvgIpc) is 2.32. The van der Waals surface area contributed by atoms with Gasteiger partial charge in [-0.05, 0) is 30.9 Å². The number of anilines is 1. The van der Waals surface area contributed by atoms with E-state index in [-0.39, 0.29) is 0 Å². The van der Waals surface area contributed by atoms with Gasteiger partial charge in [-0.2, -0.15) is 12.7 Å². The van der Waals surface area contributed by atoms with Crippen molar-refractivity contribution in [2.75, 3.05) is 17.8 Å². The van der Waals surface area contributed by atoms with Crippen LogP contribution < -0.4 is 4.72 Å². The molecule has 0 aromatic carbocycles. The molecule has 1 aromatic heterocycles. The van der Waals surface area contributed by atoms with Gasteiger partial charge in [0.15, 0.2) is 0 Å². The first-order valence-corrected chi connectivity index (χ1v) is 7.68. The molecular formula is C11H16ClN3O2S. The van der Waals surface area contributed by atoms with Gasteiger partial charge in [0.2, 0.25) is 0 Å². The third-order valence-electron chi connectivity index (χ3n) is 2.93. The summed E-state index contributed by atoms with van der Waals surface area (Å²) in [5, 5.41) is 0.338. The van der Waals surface area contributed by atoms with Crippen molar-refractivity contribution in [3.8, 4) is 0 Å². The maximum absolute atomic E-state index is 12.1. The summed E-state index contributed by atoms with van der Waals surface area (Å²) in [5.74, 6) is 0.402. The molecule has 1 fully saturated rings. The third-order valence-corrected chi connectivity index (χ3v) is 4.66. The lowest BCUT2D eigenvalue weighted by Gasteiger charge is -2.30. The summed E-state index contributed by atoms with van der Waals surface area (Å²) in [4.78, 5) is 3.84. The zero-order valence-corrected chi connectivity index (χ0v) is 11.7. The van der Waals surface area contributed by atoms with Gasteiger partial charge in [-0.15, -0.1) is 0 Å². The summed E-state index contributed by atoms with van der Waals surface area (Å²) in [6.45, 7) is 3.20. The molecule has 0 saturated carbocycles. The van der Waals surface area contributed by atoms with Crippen LogP contribution in [0.2, 0.25) is 5.15 Å². The third kappa shape index (κ3) is 3.34. The maximum Gasteiger partial charge on any atom is 0.301 e. The number of pyridine rings is 1. The predicted molar refractivity (Wildman–Crippen MR) is 71.8 cm³/mol. The van der Waals surface area contributed by atoms with Crippen LogP contribution in [-0.4, -0.2) is 30.8 Å². The van der Waals surface area contributed by atoms with E-state index in [1.807, 2.05) is 0 Å². The Hall–Kier alpha value is -0.850. The van der Waals surface area contributed by atoms with Crippen molar-refractivity contribution in [1.82, 2.24) is 9.29 Å².